The molecule has 0 N–H and O–H groups in total. The number of hydrazone groups is 1. The van der Waals surface area contributed by atoms with Gasteiger partial charge < -0.3 is 0 Å². The van der Waals surface area contributed by atoms with Gasteiger partial charge in [0.2, 0.25) is 0 Å². The summed E-state index contributed by atoms with van der Waals surface area (Å²) in [5.74, 6) is 0. The van der Waals surface area contributed by atoms with Gasteiger partial charge in [0, 0.05) is 13.3 Å². The van der Waals surface area contributed by atoms with Crippen LogP contribution in [0.2, 0.25) is 0 Å². The van der Waals surface area contributed by atoms with E-state index in [1.54, 1.807) is 11.2 Å². The van der Waals surface area contributed by atoms with E-state index in [2.05, 4.69) is 27.5 Å². The number of halogens is 1. The van der Waals surface area contributed by atoms with Crippen LogP contribution < -0.4 is 0 Å². The van der Waals surface area contributed by atoms with Crippen LogP contribution in [0.15, 0.2) is 5.10 Å². The van der Waals surface area contributed by atoms with E-state index in [1.807, 2.05) is 7.05 Å². The van der Waals surface area contributed by atoms with Crippen LogP contribution in [0.4, 0.5) is 0 Å². The van der Waals surface area contributed by atoms with Crippen molar-refractivity contribution >= 4 is 22.1 Å². The van der Waals surface area contributed by atoms with Crippen LogP contribution >= 0.6 is 15.9 Å². The first-order chi connectivity index (χ1) is 3.30. The zero-order valence-electron chi connectivity index (χ0n) is 3.93. The fraction of sp³-hybridized carbons (Fsp3) is 0.500. The maximum Gasteiger partial charge on any atom is 0.114 e. The molecule has 0 spiro atoms. The first-order valence-corrected chi connectivity index (χ1v) is 2.87. The van der Waals surface area contributed by atoms with Crippen LogP contribution in [-0.4, -0.2) is 23.2 Å². The standard InChI is InChI=1S/C4H5BrN2/c1-7-4(5)2-3-6-7/h3-4H,1H3. The van der Waals surface area contributed by atoms with E-state index in [-0.39, 0.29) is 4.95 Å². The summed E-state index contributed by atoms with van der Waals surface area (Å²) in [7, 11) is 1.88. The van der Waals surface area contributed by atoms with Gasteiger partial charge in [-0.15, -0.1) is 0 Å². The molecule has 0 bridgehead atoms. The van der Waals surface area contributed by atoms with Gasteiger partial charge in [0.15, 0.2) is 0 Å². The molecule has 2 nitrogen and oxygen atoms in total. The summed E-state index contributed by atoms with van der Waals surface area (Å²) >= 11 is 3.29. The van der Waals surface area contributed by atoms with Crippen LogP contribution in [0.3, 0.4) is 0 Å². The van der Waals surface area contributed by atoms with E-state index in [0.29, 0.717) is 0 Å². The molecule has 0 saturated heterocycles. The molecule has 0 aromatic rings. The SMILES string of the molecule is CN1N=C[C]C1Br. The zero-order chi connectivity index (χ0) is 5.28. The second-order valence-corrected chi connectivity index (χ2v) is 2.19. The molecular formula is C4H5BrN2. The van der Waals surface area contributed by atoms with E-state index >= 15 is 0 Å². The molecule has 1 unspecified atom stereocenters. The largest absolute Gasteiger partial charge is 0.286 e. The van der Waals surface area contributed by atoms with Gasteiger partial charge in [0.1, 0.15) is 4.95 Å². The van der Waals surface area contributed by atoms with Crippen molar-refractivity contribution in [1.29, 1.82) is 0 Å². The molecule has 0 aromatic carbocycles. The van der Waals surface area contributed by atoms with Crippen LogP contribution in [0.5, 0.6) is 0 Å². The topological polar surface area (TPSA) is 15.6 Å². The van der Waals surface area contributed by atoms with Crippen LogP contribution in [-0.2, 0) is 0 Å². The molecule has 2 radical (unpaired) electrons. The van der Waals surface area contributed by atoms with Gasteiger partial charge in [-0.05, 0) is 0 Å². The summed E-state index contributed by atoms with van der Waals surface area (Å²) in [5.41, 5.74) is 0. The maximum absolute atomic E-state index is 3.87. The molecule has 38 valence electrons. The third kappa shape index (κ3) is 0.938. The van der Waals surface area contributed by atoms with Crippen LogP contribution in [0.1, 0.15) is 0 Å². The Morgan fingerprint density at radius 3 is 2.86 bits per heavy atom. The van der Waals surface area contributed by atoms with Crippen molar-refractivity contribution in [2.75, 3.05) is 7.05 Å². The lowest BCUT2D eigenvalue weighted by atomic mass is 10.5. The van der Waals surface area contributed by atoms with Gasteiger partial charge in [-0.3, -0.25) is 5.01 Å². The van der Waals surface area contributed by atoms with E-state index in [9.17, 15) is 0 Å². The summed E-state index contributed by atoms with van der Waals surface area (Å²) < 4.78 is 0. The molecule has 0 aliphatic carbocycles. The highest BCUT2D eigenvalue weighted by Crippen LogP contribution is 2.11. The molecule has 0 fully saturated rings. The Kier molecular flexibility index (Phi) is 1.32. The molecule has 1 aliphatic rings. The van der Waals surface area contributed by atoms with Gasteiger partial charge in [-0.1, -0.05) is 15.9 Å². The predicted molar refractivity (Wildman–Crippen MR) is 32.2 cm³/mol. The third-order valence-corrected chi connectivity index (χ3v) is 1.64. The minimum atomic E-state index is 0.187. The van der Waals surface area contributed by atoms with E-state index in [4.69, 9.17) is 0 Å². The van der Waals surface area contributed by atoms with Gasteiger partial charge in [-0.25, -0.2) is 0 Å². The van der Waals surface area contributed by atoms with E-state index in [0.717, 1.165) is 0 Å². The molecule has 7 heavy (non-hydrogen) atoms. The summed E-state index contributed by atoms with van der Waals surface area (Å²) in [5, 5.41) is 5.65. The normalized spacial score (nSPS) is 29.4. The van der Waals surface area contributed by atoms with E-state index < -0.39 is 0 Å². The monoisotopic (exact) mass is 160 g/mol. The third-order valence-electron chi connectivity index (χ3n) is 0.780. The number of alkyl halides is 1. The molecule has 1 rings (SSSR count). The highest BCUT2D eigenvalue weighted by atomic mass is 79.9. The van der Waals surface area contributed by atoms with Crippen molar-refractivity contribution in [3.05, 3.63) is 6.42 Å². The van der Waals surface area contributed by atoms with Gasteiger partial charge in [-0.2, -0.15) is 5.10 Å². The fourth-order valence-electron chi connectivity index (χ4n) is 0.352. The Morgan fingerprint density at radius 2 is 2.71 bits per heavy atom. The molecule has 1 aliphatic heterocycles. The quantitative estimate of drug-likeness (QED) is 0.377. The van der Waals surface area contributed by atoms with Gasteiger partial charge in [0.05, 0.1) is 6.42 Å². The van der Waals surface area contributed by atoms with Crippen molar-refractivity contribution in [2.24, 2.45) is 5.10 Å². The Bertz CT molecular complexity index is 91.7. The fourth-order valence-corrected chi connectivity index (χ4v) is 0.576. The Labute approximate surface area is 51.3 Å². The molecule has 1 atom stereocenters. The minimum absolute atomic E-state index is 0.187. The minimum Gasteiger partial charge on any atom is -0.286 e. The highest BCUT2D eigenvalue weighted by Gasteiger charge is 2.11. The molecule has 0 saturated carbocycles. The van der Waals surface area contributed by atoms with Crippen LogP contribution in [0, 0.1) is 6.42 Å². The van der Waals surface area contributed by atoms with Crippen molar-refractivity contribution < 1.29 is 0 Å². The summed E-state index contributed by atoms with van der Waals surface area (Å²) in [6.07, 6.45) is 4.57. The Morgan fingerprint density at radius 1 is 2.00 bits per heavy atom. The molecule has 1 heterocycles. The zero-order valence-corrected chi connectivity index (χ0v) is 5.51. The lowest BCUT2D eigenvalue weighted by Crippen LogP contribution is -2.14. The molecule has 0 aromatic heterocycles. The number of nitrogens with zero attached hydrogens (tertiary/aromatic N) is 2. The first-order valence-electron chi connectivity index (χ1n) is 1.96. The second-order valence-electron chi connectivity index (χ2n) is 1.32. The maximum atomic E-state index is 3.87. The second kappa shape index (κ2) is 1.82. The lowest BCUT2D eigenvalue weighted by Gasteiger charge is -2.09. The first kappa shape index (κ1) is 5.09. The smallest absolute Gasteiger partial charge is 0.114 e. The number of hydrogen-bond acceptors (Lipinski definition) is 2. The summed E-state index contributed by atoms with van der Waals surface area (Å²) in [4.78, 5) is 0.187. The lowest BCUT2D eigenvalue weighted by molar-refractivity contribution is 0.388. The van der Waals surface area contributed by atoms with Crippen molar-refractivity contribution in [3.8, 4) is 0 Å². The van der Waals surface area contributed by atoms with Crippen LogP contribution in [0.25, 0.3) is 0 Å². The summed E-state index contributed by atoms with van der Waals surface area (Å²) in [6, 6.07) is 0. The van der Waals surface area contributed by atoms with Crippen molar-refractivity contribution in [1.82, 2.24) is 5.01 Å². The van der Waals surface area contributed by atoms with E-state index in [1.165, 1.54) is 0 Å². The van der Waals surface area contributed by atoms with Gasteiger partial charge in [0.25, 0.3) is 0 Å². The van der Waals surface area contributed by atoms with Crippen molar-refractivity contribution in [3.63, 3.8) is 0 Å². The van der Waals surface area contributed by atoms with Gasteiger partial charge >= 0.3 is 0 Å². The molecular weight excluding hydrogens is 156 g/mol. The average molecular weight is 161 g/mol. The summed E-state index contributed by atoms with van der Waals surface area (Å²) in [6.45, 7) is 0. The molecule has 0 amide bonds. The average Bonchev–Trinajstić information content (AvgIpc) is 1.91. The molecule has 3 heteroatoms. The predicted octanol–water partition coefficient (Wildman–Crippen LogP) is 0.720. The Balaban J connectivity index is 2.45. The highest BCUT2D eigenvalue weighted by molar-refractivity contribution is 9.09. The Hall–Kier alpha value is -0.0500. The van der Waals surface area contributed by atoms with Crippen molar-refractivity contribution in [2.45, 2.75) is 4.95 Å². The number of hydrogen-bond donors (Lipinski definition) is 0. The number of rotatable bonds is 0.